The maximum atomic E-state index is 12.7. The number of anilines is 2. The molecule has 0 spiro atoms. The standard InChI is InChI=1S/C26H31N5O/c1-17-12-18(2)14-22(13-17)27-26(32)31-10-8-30(9-11-31)25-7-6-24(28-29-25)23-16-20(4)19(3)15-21(23)5/h6-7,12-16H,8-11H2,1-5H3,(H,27,32). The molecule has 1 N–H and O–H groups in total. The number of aromatic nitrogens is 2. The van der Waals surface area contributed by atoms with E-state index in [9.17, 15) is 4.79 Å². The van der Waals surface area contributed by atoms with Crippen LogP contribution in [0.2, 0.25) is 0 Å². The van der Waals surface area contributed by atoms with Gasteiger partial charge in [0.25, 0.3) is 0 Å². The molecule has 0 radical (unpaired) electrons. The average Bonchev–Trinajstić information content (AvgIpc) is 2.76. The molecule has 1 aromatic heterocycles. The van der Waals surface area contributed by atoms with Crippen molar-refractivity contribution in [3.63, 3.8) is 0 Å². The number of carbonyl (C=O) groups excluding carboxylic acids is 1. The van der Waals surface area contributed by atoms with Gasteiger partial charge in [-0.2, -0.15) is 0 Å². The molecule has 2 aromatic carbocycles. The molecule has 0 atom stereocenters. The summed E-state index contributed by atoms with van der Waals surface area (Å²) < 4.78 is 0. The minimum Gasteiger partial charge on any atom is -0.352 e. The second kappa shape index (κ2) is 8.99. The first kappa shape index (κ1) is 21.8. The molecule has 166 valence electrons. The van der Waals surface area contributed by atoms with Gasteiger partial charge < -0.3 is 15.1 Å². The van der Waals surface area contributed by atoms with E-state index in [0.29, 0.717) is 13.1 Å². The summed E-state index contributed by atoms with van der Waals surface area (Å²) >= 11 is 0. The molecule has 6 nitrogen and oxygen atoms in total. The Kier molecular flexibility index (Phi) is 6.12. The van der Waals surface area contributed by atoms with Gasteiger partial charge in [-0.1, -0.05) is 12.1 Å². The van der Waals surface area contributed by atoms with Crippen molar-refractivity contribution in [1.82, 2.24) is 15.1 Å². The van der Waals surface area contributed by atoms with Crippen molar-refractivity contribution in [1.29, 1.82) is 0 Å². The lowest BCUT2D eigenvalue weighted by Gasteiger charge is -2.35. The van der Waals surface area contributed by atoms with E-state index in [1.165, 1.54) is 16.7 Å². The fourth-order valence-electron chi connectivity index (χ4n) is 4.26. The summed E-state index contributed by atoms with van der Waals surface area (Å²) in [5.41, 5.74) is 8.89. The molecule has 0 unspecified atom stereocenters. The molecule has 0 bridgehead atoms. The predicted molar refractivity (Wildman–Crippen MR) is 130 cm³/mol. The Morgan fingerprint density at radius 1 is 0.781 bits per heavy atom. The Bertz CT molecular complexity index is 1110. The number of hydrogen-bond donors (Lipinski definition) is 1. The van der Waals surface area contributed by atoms with Gasteiger partial charge in [0.2, 0.25) is 0 Å². The minimum absolute atomic E-state index is 0.0544. The summed E-state index contributed by atoms with van der Waals surface area (Å²) in [6, 6.07) is 14.5. The van der Waals surface area contributed by atoms with Gasteiger partial charge in [0.05, 0.1) is 5.69 Å². The van der Waals surface area contributed by atoms with Crippen LogP contribution < -0.4 is 10.2 Å². The predicted octanol–water partition coefficient (Wildman–Crippen LogP) is 5.04. The van der Waals surface area contributed by atoms with E-state index in [-0.39, 0.29) is 6.03 Å². The molecule has 1 saturated heterocycles. The summed E-state index contributed by atoms with van der Waals surface area (Å²) in [6.07, 6.45) is 0. The number of rotatable bonds is 3. The van der Waals surface area contributed by atoms with Gasteiger partial charge in [0.1, 0.15) is 0 Å². The van der Waals surface area contributed by atoms with Gasteiger partial charge in [0.15, 0.2) is 5.82 Å². The smallest absolute Gasteiger partial charge is 0.321 e. The lowest BCUT2D eigenvalue weighted by atomic mass is 9.99. The van der Waals surface area contributed by atoms with Crippen molar-refractivity contribution in [3.05, 3.63) is 70.3 Å². The molecule has 0 saturated carbocycles. The summed E-state index contributed by atoms with van der Waals surface area (Å²) in [5.74, 6) is 0.851. The number of urea groups is 1. The Morgan fingerprint density at radius 2 is 1.44 bits per heavy atom. The van der Waals surface area contributed by atoms with Crippen LogP contribution in [0.15, 0.2) is 42.5 Å². The Hall–Kier alpha value is -3.41. The van der Waals surface area contributed by atoms with Gasteiger partial charge in [-0.25, -0.2) is 4.79 Å². The van der Waals surface area contributed by atoms with Crippen LogP contribution >= 0.6 is 0 Å². The van der Waals surface area contributed by atoms with Gasteiger partial charge >= 0.3 is 6.03 Å². The molecule has 1 fully saturated rings. The van der Waals surface area contributed by atoms with E-state index in [2.05, 4.69) is 59.4 Å². The van der Waals surface area contributed by atoms with Crippen LogP contribution in [-0.2, 0) is 0 Å². The normalized spacial score (nSPS) is 13.9. The zero-order valence-corrected chi connectivity index (χ0v) is 19.6. The van der Waals surface area contributed by atoms with Gasteiger partial charge in [-0.3, -0.25) is 0 Å². The highest BCUT2D eigenvalue weighted by atomic mass is 16.2. The van der Waals surface area contributed by atoms with Crippen LogP contribution in [-0.4, -0.2) is 47.3 Å². The van der Waals surface area contributed by atoms with E-state index in [4.69, 9.17) is 0 Å². The molecule has 2 heterocycles. The van der Waals surface area contributed by atoms with Crippen LogP contribution in [0.3, 0.4) is 0 Å². The van der Waals surface area contributed by atoms with Gasteiger partial charge in [0, 0.05) is 37.4 Å². The summed E-state index contributed by atoms with van der Waals surface area (Å²) in [7, 11) is 0. The van der Waals surface area contributed by atoms with Crippen molar-refractivity contribution >= 4 is 17.5 Å². The summed E-state index contributed by atoms with van der Waals surface area (Å²) in [5, 5.41) is 12.0. The zero-order valence-electron chi connectivity index (χ0n) is 19.6. The molecule has 32 heavy (non-hydrogen) atoms. The van der Waals surface area contributed by atoms with E-state index in [1.807, 2.05) is 43.0 Å². The molecule has 1 aliphatic heterocycles. The highest BCUT2D eigenvalue weighted by molar-refractivity contribution is 5.89. The first-order valence-electron chi connectivity index (χ1n) is 11.1. The quantitative estimate of drug-likeness (QED) is 0.634. The maximum absolute atomic E-state index is 12.7. The first-order valence-corrected chi connectivity index (χ1v) is 11.1. The summed E-state index contributed by atoms with van der Waals surface area (Å²) in [4.78, 5) is 16.7. The van der Waals surface area contributed by atoms with E-state index >= 15 is 0 Å². The fourth-order valence-corrected chi connectivity index (χ4v) is 4.26. The topological polar surface area (TPSA) is 61.4 Å². The molecule has 0 aliphatic carbocycles. The average molecular weight is 430 g/mol. The van der Waals surface area contributed by atoms with Crippen LogP contribution in [0.1, 0.15) is 27.8 Å². The monoisotopic (exact) mass is 429 g/mol. The van der Waals surface area contributed by atoms with Gasteiger partial charge in [-0.15, -0.1) is 10.2 Å². The van der Waals surface area contributed by atoms with Crippen molar-refractivity contribution < 1.29 is 4.79 Å². The highest BCUT2D eigenvalue weighted by Crippen LogP contribution is 2.26. The Labute approximate surface area is 190 Å². The molecule has 2 amide bonds. The zero-order chi connectivity index (χ0) is 22.8. The van der Waals surface area contributed by atoms with E-state index in [0.717, 1.165) is 47.0 Å². The van der Waals surface area contributed by atoms with Gasteiger partial charge in [-0.05, 0) is 92.8 Å². The number of piperazine rings is 1. The molecule has 3 aromatic rings. The van der Waals surface area contributed by atoms with Crippen LogP contribution in [0.25, 0.3) is 11.3 Å². The largest absolute Gasteiger partial charge is 0.352 e. The van der Waals surface area contributed by atoms with E-state index in [1.54, 1.807) is 0 Å². The minimum atomic E-state index is -0.0544. The first-order chi connectivity index (χ1) is 15.3. The highest BCUT2D eigenvalue weighted by Gasteiger charge is 2.22. The molecule has 1 aliphatic rings. The fraction of sp³-hybridized carbons (Fsp3) is 0.346. The molecular weight excluding hydrogens is 398 g/mol. The second-order valence-corrected chi connectivity index (χ2v) is 8.81. The number of benzene rings is 2. The SMILES string of the molecule is Cc1cc(C)cc(NC(=O)N2CCN(c3ccc(-c4cc(C)c(C)cc4C)nn3)CC2)c1. The lowest BCUT2D eigenvalue weighted by Crippen LogP contribution is -2.50. The third-order valence-electron chi connectivity index (χ3n) is 6.13. The number of nitrogens with one attached hydrogen (secondary N) is 1. The molecule has 4 rings (SSSR count). The number of carbonyl (C=O) groups is 1. The number of hydrogen-bond acceptors (Lipinski definition) is 4. The maximum Gasteiger partial charge on any atom is 0.321 e. The third kappa shape index (κ3) is 4.74. The molecular formula is C26H31N5O. The molecule has 6 heteroatoms. The van der Waals surface area contributed by atoms with Crippen molar-refractivity contribution in [3.8, 4) is 11.3 Å². The number of amides is 2. The van der Waals surface area contributed by atoms with Crippen LogP contribution in [0.4, 0.5) is 16.3 Å². The van der Waals surface area contributed by atoms with Crippen LogP contribution in [0, 0.1) is 34.6 Å². The second-order valence-electron chi connectivity index (χ2n) is 8.81. The Balaban J connectivity index is 1.38. The Morgan fingerprint density at radius 3 is 2.06 bits per heavy atom. The number of nitrogens with zero attached hydrogens (tertiary/aromatic N) is 4. The van der Waals surface area contributed by atoms with E-state index < -0.39 is 0 Å². The third-order valence-corrected chi connectivity index (χ3v) is 6.13. The number of aryl methyl sites for hydroxylation is 5. The van der Waals surface area contributed by atoms with Crippen LogP contribution in [0.5, 0.6) is 0 Å². The van der Waals surface area contributed by atoms with Crippen molar-refractivity contribution in [2.45, 2.75) is 34.6 Å². The lowest BCUT2D eigenvalue weighted by molar-refractivity contribution is 0.208. The van der Waals surface area contributed by atoms with Crippen molar-refractivity contribution in [2.24, 2.45) is 0 Å². The summed E-state index contributed by atoms with van der Waals surface area (Å²) in [6.45, 7) is 13.2. The van der Waals surface area contributed by atoms with Crippen molar-refractivity contribution in [2.75, 3.05) is 36.4 Å².